The molecule has 33 heavy (non-hydrogen) atoms. The molecule has 1 saturated carbocycles. The third-order valence-electron chi connectivity index (χ3n) is 8.52. The molecule has 1 N–H and O–H groups in total. The Labute approximate surface area is 202 Å². The quantitative estimate of drug-likeness (QED) is 0.401. The van der Waals surface area contributed by atoms with Crippen LogP contribution in [0.3, 0.4) is 0 Å². The molecule has 1 amide bonds. The van der Waals surface area contributed by atoms with Crippen LogP contribution in [0.5, 0.6) is 0 Å². The van der Waals surface area contributed by atoms with E-state index in [0.717, 1.165) is 30.9 Å². The van der Waals surface area contributed by atoms with Crippen molar-refractivity contribution in [3.63, 3.8) is 0 Å². The molecule has 1 fully saturated rings. The first-order valence-electron chi connectivity index (χ1n) is 13.0. The normalized spacial score (nSPS) is 27.8. The van der Waals surface area contributed by atoms with Gasteiger partial charge in [0, 0.05) is 5.69 Å². The summed E-state index contributed by atoms with van der Waals surface area (Å²) < 4.78 is 5.51. The van der Waals surface area contributed by atoms with Crippen molar-refractivity contribution in [2.75, 3.05) is 5.32 Å². The van der Waals surface area contributed by atoms with E-state index in [-0.39, 0.29) is 12.2 Å². The molecule has 0 bridgehead atoms. The van der Waals surface area contributed by atoms with Gasteiger partial charge in [-0.2, -0.15) is 0 Å². The molecule has 3 rings (SSSR count). The van der Waals surface area contributed by atoms with Gasteiger partial charge in [-0.3, -0.25) is 5.32 Å². The lowest BCUT2D eigenvalue weighted by Crippen LogP contribution is -2.48. The number of amides is 1. The Balaban J connectivity index is 1.46. The maximum absolute atomic E-state index is 12.1. The zero-order valence-electron chi connectivity index (χ0n) is 21.7. The molecule has 1 aromatic rings. The van der Waals surface area contributed by atoms with E-state index in [1.807, 2.05) is 37.3 Å². The molecule has 3 heteroatoms. The van der Waals surface area contributed by atoms with Gasteiger partial charge in [0.25, 0.3) is 0 Å². The SMILES string of the molecule is CC1=CC[C@H]2C(C)(C)CCC[C@]2(C)[C@H]1CC/C(C)=C/CC[C@@H](C)OC(=O)Nc1ccccc1. The number of allylic oxidation sites excluding steroid dienone is 4. The number of hydrogen-bond acceptors (Lipinski definition) is 2. The van der Waals surface area contributed by atoms with Crippen LogP contribution in [0, 0.1) is 22.7 Å². The highest BCUT2D eigenvalue weighted by Crippen LogP contribution is 2.60. The topological polar surface area (TPSA) is 38.3 Å². The second-order valence-corrected chi connectivity index (χ2v) is 11.5. The van der Waals surface area contributed by atoms with Gasteiger partial charge in [-0.15, -0.1) is 0 Å². The van der Waals surface area contributed by atoms with Gasteiger partial charge in [-0.05, 0) is 101 Å². The van der Waals surface area contributed by atoms with E-state index in [9.17, 15) is 4.79 Å². The summed E-state index contributed by atoms with van der Waals surface area (Å²) in [7, 11) is 0. The fourth-order valence-electron chi connectivity index (χ4n) is 6.64. The molecule has 0 unspecified atom stereocenters. The minimum absolute atomic E-state index is 0.106. The second-order valence-electron chi connectivity index (χ2n) is 11.5. The molecule has 182 valence electrons. The smallest absolute Gasteiger partial charge is 0.411 e. The molecule has 2 aliphatic carbocycles. The summed E-state index contributed by atoms with van der Waals surface area (Å²) >= 11 is 0. The van der Waals surface area contributed by atoms with Crippen LogP contribution in [0.25, 0.3) is 0 Å². The van der Waals surface area contributed by atoms with Crippen molar-refractivity contribution in [1.29, 1.82) is 0 Å². The lowest BCUT2D eigenvalue weighted by molar-refractivity contribution is -0.0390. The van der Waals surface area contributed by atoms with E-state index >= 15 is 0 Å². The Morgan fingerprint density at radius 1 is 1.21 bits per heavy atom. The lowest BCUT2D eigenvalue weighted by atomic mass is 9.48. The largest absolute Gasteiger partial charge is 0.446 e. The van der Waals surface area contributed by atoms with Crippen molar-refractivity contribution in [1.82, 2.24) is 0 Å². The minimum atomic E-state index is -0.382. The first-order valence-corrected chi connectivity index (χ1v) is 13.0. The fourth-order valence-corrected chi connectivity index (χ4v) is 6.64. The molecular weight excluding hydrogens is 406 g/mol. The van der Waals surface area contributed by atoms with Gasteiger partial charge in [0.1, 0.15) is 6.10 Å². The summed E-state index contributed by atoms with van der Waals surface area (Å²) in [5.41, 5.74) is 4.73. The number of fused-ring (bicyclic) bond motifs is 1. The molecule has 0 aromatic heterocycles. The molecule has 3 nitrogen and oxygen atoms in total. The average molecular weight is 452 g/mol. The van der Waals surface area contributed by atoms with E-state index in [0.29, 0.717) is 16.7 Å². The number of nitrogens with one attached hydrogen (secondary N) is 1. The van der Waals surface area contributed by atoms with Gasteiger partial charge in [-0.1, -0.05) is 68.7 Å². The number of para-hydroxylation sites is 1. The summed E-state index contributed by atoms with van der Waals surface area (Å²) in [6, 6.07) is 9.43. The molecule has 1 aromatic carbocycles. The van der Waals surface area contributed by atoms with Crippen LogP contribution < -0.4 is 5.32 Å². The second kappa shape index (κ2) is 10.9. The van der Waals surface area contributed by atoms with E-state index in [4.69, 9.17) is 4.74 Å². The molecule has 0 saturated heterocycles. The Morgan fingerprint density at radius 2 is 1.94 bits per heavy atom. The molecule has 0 radical (unpaired) electrons. The van der Waals surface area contributed by atoms with Crippen molar-refractivity contribution in [2.24, 2.45) is 22.7 Å². The van der Waals surface area contributed by atoms with E-state index in [1.165, 1.54) is 37.7 Å². The number of rotatable bonds is 8. The van der Waals surface area contributed by atoms with Crippen LogP contribution in [0.15, 0.2) is 53.6 Å². The highest BCUT2D eigenvalue weighted by molar-refractivity contribution is 5.84. The lowest BCUT2D eigenvalue weighted by Gasteiger charge is -2.57. The monoisotopic (exact) mass is 451 g/mol. The Kier molecular flexibility index (Phi) is 8.48. The van der Waals surface area contributed by atoms with Gasteiger partial charge in [0.2, 0.25) is 0 Å². The van der Waals surface area contributed by atoms with Gasteiger partial charge >= 0.3 is 6.09 Å². The van der Waals surface area contributed by atoms with Gasteiger partial charge in [0.05, 0.1) is 0 Å². The predicted molar refractivity (Wildman–Crippen MR) is 139 cm³/mol. The predicted octanol–water partition coefficient (Wildman–Crippen LogP) is 8.93. The van der Waals surface area contributed by atoms with Crippen molar-refractivity contribution in [3.05, 3.63) is 53.6 Å². The number of ether oxygens (including phenoxy) is 1. The summed E-state index contributed by atoms with van der Waals surface area (Å²) in [5, 5.41) is 2.78. The summed E-state index contributed by atoms with van der Waals surface area (Å²) in [5.74, 6) is 1.50. The maximum atomic E-state index is 12.1. The number of benzene rings is 1. The van der Waals surface area contributed by atoms with Crippen LogP contribution in [0.1, 0.15) is 92.9 Å². The highest BCUT2D eigenvalue weighted by atomic mass is 16.6. The number of hydrogen-bond donors (Lipinski definition) is 1. The third kappa shape index (κ3) is 6.52. The van der Waals surface area contributed by atoms with Crippen LogP contribution in [0.2, 0.25) is 0 Å². The Bertz CT molecular complexity index is 853. The van der Waals surface area contributed by atoms with Crippen molar-refractivity contribution < 1.29 is 9.53 Å². The average Bonchev–Trinajstić information content (AvgIpc) is 2.73. The van der Waals surface area contributed by atoms with Gasteiger partial charge in [-0.25, -0.2) is 4.79 Å². The van der Waals surface area contributed by atoms with Gasteiger partial charge < -0.3 is 4.74 Å². The third-order valence-corrected chi connectivity index (χ3v) is 8.52. The highest BCUT2D eigenvalue weighted by Gasteiger charge is 2.51. The summed E-state index contributed by atoms with van der Waals surface area (Å²) in [6.45, 7) is 14.2. The van der Waals surface area contributed by atoms with Crippen LogP contribution in [-0.2, 0) is 4.74 Å². The molecule has 0 spiro atoms. The van der Waals surface area contributed by atoms with Gasteiger partial charge in [0.15, 0.2) is 0 Å². The van der Waals surface area contributed by atoms with E-state index in [1.54, 1.807) is 5.57 Å². The minimum Gasteiger partial charge on any atom is -0.446 e. The first kappa shape index (κ1) is 25.6. The van der Waals surface area contributed by atoms with E-state index < -0.39 is 0 Å². The van der Waals surface area contributed by atoms with Crippen LogP contribution >= 0.6 is 0 Å². The van der Waals surface area contributed by atoms with Crippen molar-refractivity contribution in [2.45, 2.75) is 99.0 Å². The zero-order valence-corrected chi connectivity index (χ0v) is 21.7. The number of carbonyl (C=O) groups is 1. The molecule has 0 heterocycles. The molecule has 4 atom stereocenters. The number of anilines is 1. The first-order chi connectivity index (χ1) is 15.6. The fraction of sp³-hybridized carbons (Fsp3) is 0.633. The Hall–Kier alpha value is -2.03. The standard InChI is InChI=1S/C30H45NO2/c1-22(12-10-13-24(3)33-28(32)31-25-14-8-7-9-15-25)16-18-26-23(2)17-19-27-29(4,5)20-11-21-30(26,27)6/h7-9,12,14-15,17,24,26-27H,10-11,13,16,18-21H2,1-6H3,(H,31,32)/b22-12+/t24-,26+,27+,30-/m1/s1. The van der Waals surface area contributed by atoms with Crippen molar-refractivity contribution in [3.8, 4) is 0 Å². The Morgan fingerprint density at radius 3 is 2.67 bits per heavy atom. The summed E-state index contributed by atoms with van der Waals surface area (Å²) in [4.78, 5) is 12.1. The molecule has 2 aliphatic rings. The zero-order chi connectivity index (χ0) is 24.1. The maximum Gasteiger partial charge on any atom is 0.411 e. The number of carbonyl (C=O) groups excluding carboxylic acids is 1. The van der Waals surface area contributed by atoms with Crippen molar-refractivity contribution >= 4 is 11.8 Å². The van der Waals surface area contributed by atoms with E-state index in [2.05, 4.69) is 52.1 Å². The molecule has 0 aliphatic heterocycles. The van der Waals surface area contributed by atoms with Crippen LogP contribution in [0.4, 0.5) is 10.5 Å². The summed E-state index contributed by atoms with van der Waals surface area (Å²) in [6.07, 6.45) is 14.0. The molecular formula is C30H45NO2. The van der Waals surface area contributed by atoms with Crippen LogP contribution in [-0.4, -0.2) is 12.2 Å².